The van der Waals surface area contributed by atoms with Gasteiger partial charge in [0.1, 0.15) is 0 Å². The van der Waals surface area contributed by atoms with Gasteiger partial charge in [0.25, 0.3) is 0 Å². The summed E-state index contributed by atoms with van der Waals surface area (Å²) in [6.45, 7) is 6.27. The fraction of sp³-hybridized carbons (Fsp3) is 0.900. The van der Waals surface area contributed by atoms with Gasteiger partial charge in [-0.25, -0.2) is 10.8 Å². The lowest BCUT2D eigenvalue weighted by Crippen LogP contribution is -2.48. The Hall–Kier alpha value is -0.420. The van der Waals surface area contributed by atoms with E-state index in [1.165, 1.54) is 0 Å². The Morgan fingerprint density at radius 2 is 2.13 bits per heavy atom. The summed E-state index contributed by atoms with van der Waals surface area (Å²) in [6.07, 6.45) is 3.21. The quantitative estimate of drug-likeness (QED) is 0.324. The first-order chi connectivity index (χ1) is 7.06. The van der Waals surface area contributed by atoms with Gasteiger partial charge in [0, 0.05) is 24.9 Å². The van der Waals surface area contributed by atoms with Crippen LogP contribution in [0.1, 0.15) is 27.2 Å². The number of nitrogens with two attached hydrogens (primary N) is 1. The second-order valence-corrected chi connectivity index (χ2v) is 4.73. The van der Waals surface area contributed by atoms with Crippen molar-refractivity contribution >= 4 is 17.7 Å². The molecule has 0 aromatic rings. The number of guanidine groups is 1. The first kappa shape index (κ1) is 14.6. The first-order valence-corrected chi connectivity index (χ1v) is 6.72. The lowest BCUT2D eigenvalue weighted by molar-refractivity contribution is 0.371. The van der Waals surface area contributed by atoms with E-state index in [-0.39, 0.29) is 6.04 Å². The van der Waals surface area contributed by atoms with Gasteiger partial charge in [0.05, 0.1) is 0 Å². The molecule has 0 aromatic heterocycles. The highest BCUT2D eigenvalue weighted by molar-refractivity contribution is 7.98. The lowest BCUT2D eigenvalue weighted by atomic mass is 10.2. The van der Waals surface area contributed by atoms with E-state index in [4.69, 9.17) is 5.84 Å². The van der Waals surface area contributed by atoms with Crippen LogP contribution >= 0.6 is 11.8 Å². The summed E-state index contributed by atoms with van der Waals surface area (Å²) in [7, 11) is 2.03. The third-order valence-electron chi connectivity index (χ3n) is 2.22. The third-order valence-corrected chi connectivity index (χ3v) is 2.94. The van der Waals surface area contributed by atoms with E-state index in [2.05, 4.69) is 28.5 Å². The van der Waals surface area contributed by atoms with Gasteiger partial charge >= 0.3 is 0 Å². The van der Waals surface area contributed by atoms with Gasteiger partial charge < -0.3 is 4.90 Å². The zero-order valence-corrected chi connectivity index (χ0v) is 11.3. The van der Waals surface area contributed by atoms with Crippen LogP contribution in [0, 0.1) is 0 Å². The fourth-order valence-corrected chi connectivity index (χ4v) is 2.19. The van der Waals surface area contributed by atoms with Gasteiger partial charge in [-0.3, -0.25) is 5.43 Å². The van der Waals surface area contributed by atoms with Crippen LogP contribution in [0.15, 0.2) is 4.99 Å². The molecular weight excluding hydrogens is 208 g/mol. The van der Waals surface area contributed by atoms with Crippen LogP contribution in [-0.4, -0.2) is 42.0 Å². The minimum Gasteiger partial charge on any atom is -0.341 e. The van der Waals surface area contributed by atoms with Crippen molar-refractivity contribution in [2.24, 2.45) is 10.8 Å². The highest BCUT2D eigenvalue weighted by Crippen LogP contribution is 2.08. The molecule has 0 heterocycles. The second kappa shape index (κ2) is 7.82. The maximum absolute atomic E-state index is 5.48. The van der Waals surface area contributed by atoms with Crippen molar-refractivity contribution < 1.29 is 0 Å². The molecule has 0 bridgehead atoms. The molecule has 0 aliphatic heterocycles. The number of nitrogens with one attached hydrogen (secondary N) is 1. The third kappa shape index (κ3) is 5.28. The van der Waals surface area contributed by atoms with Crippen molar-refractivity contribution in [2.45, 2.75) is 39.3 Å². The zero-order chi connectivity index (χ0) is 11.8. The monoisotopic (exact) mass is 232 g/mol. The molecule has 0 aliphatic rings. The largest absolute Gasteiger partial charge is 0.341 e. The molecule has 5 heteroatoms. The van der Waals surface area contributed by atoms with Crippen molar-refractivity contribution in [1.29, 1.82) is 0 Å². The van der Waals surface area contributed by atoms with Crippen LogP contribution in [-0.2, 0) is 0 Å². The van der Waals surface area contributed by atoms with Gasteiger partial charge in [-0.05, 0) is 26.5 Å². The molecular formula is C10H24N4S. The number of hydrazine groups is 1. The molecule has 0 spiro atoms. The van der Waals surface area contributed by atoms with Crippen molar-refractivity contribution in [2.75, 3.05) is 19.1 Å². The van der Waals surface area contributed by atoms with E-state index in [9.17, 15) is 0 Å². The van der Waals surface area contributed by atoms with Gasteiger partial charge in [-0.1, -0.05) is 6.92 Å². The molecule has 0 fully saturated rings. The Bertz CT molecular complexity index is 194. The molecule has 0 saturated heterocycles. The predicted octanol–water partition coefficient (Wildman–Crippen LogP) is 1.29. The van der Waals surface area contributed by atoms with Gasteiger partial charge in [-0.2, -0.15) is 11.8 Å². The summed E-state index contributed by atoms with van der Waals surface area (Å²) < 4.78 is 0. The van der Waals surface area contributed by atoms with E-state index in [0.717, 1.165) is 18.1 Å². The van der Waals surface area contributed by atoms with Gasteiger partial charge in [-0.15, -0.1) is 0 Å². The number of hydrogen-bond donors (Lipinski definition) is 2. The maximum atomic E-state index is 5.48. The van der Waals surface area contributed by atoms with Crippen LogP contribution in [0.3, 0.4) is 0 Å². The summed E-state index contributed by atoms with van der Waals surface area (Å²) >= 11 is 1.84. The Labute approximate surface area is 97.7 Å². The predicted molar refractivity (Wildman–Crippen MR) is 70.1 cm³/mol. The van der Waals surface area contributed by atoms with E-state index < -0.39 is 0 Å². The molecule has 15 heavy (non-hydrogen) atoms. The number of rotatable bonds is 5. The molecule has 1 unspecified atom stereocenters. The molecule has 0 saturated carbocycles. The molecule has 0 radical (unpaired) electrons. The van der Waals surface area contributed by atoms with Gasteiger partial charge in [0.15, 0.2) is 0 Å². The number of aliphatic imine (C=N–C) groups is 1. The molecule has 0 rings (SSSR count). The fourth-order valence-electron chi connectivity index (χ4n) is 1.34. The van der Waals surface area contributed by atoms with Crippen molar-refractivity contribution in [3.05, 3.63) is 0 Å². The summed E-state index contributed by atoms with van der Waals surface area (Å²) in [4.78, 5) is 6.57. The summed E-state index contributed by atoms with van der Waals surface area (Å²) in [5.74, 6) is 7.34. The van der Waals surface area contributed by atoms with Crippen LogP contribution in [0.2, 0.25) is 0 Å². The van der Waals surface area contributed by atoms with E-state index in [1.807, 2.05) is 32.7 Å². The van der Waals surface area contributed by atoms with Crippen LogP contribution in [0.5, 0.6) is 0 Å². The Morgan fingerprint density at radius 1 is 1.53 bits per heavy atom. The minimum absolute atomic E-state index is 0.255. The van der Waals surface area contributed by atoms with Gasteiger partial charge in [0.2, 0.25) is 5.96 Å². The molecule has 3 N–H and O–H groups in total. The minimum atomic E-state index is 0.255. The molecule has 0 aromatic carbocycles. The standard InChI is InChI=1S/C10H24N4S/c1-6-9(7-15-5)14(4)10(13-11)12-8(2)3/h8-9H,6-7,11H2,1-5H3,(H,12,13). The van der Waals surface area contributed by atoms with E-state index in [0.29, 0.717) is 6.04 Å². The normalized spacial score (nSPS) is 14.2. The molecule has 0 aliphatic carbocycles. The molecule has 4 nitrogen and oxygen atoms in total. The highest BCUT2D eigenvalue weighted by Gasteiger charge is 2.15. The van der Waals surface area contributed by atoms with Crippen LogP contribution < -0.4 is 11.3 Å². The van der Waals surface area contributed by atoms with Crippen LogP contribution in [0.4, 0.5) is 0 Å². The highest BCUT2D eigenvalue weighted by atomic mass is 32.2. The second-order valence-electron chi connectivity index (χ2n) is 3.82. The molecule has 1 atom stereocenters. The summed E-state index contributed by atoms with van der Waals surface area (Å²) in [5.41, 5.74) is 2.67. The summed E-state index contributed by atoms with van der Waals surface area (Å²) in [5, 5.41) is 0. The Kier molecular flexibility index (Phi) is 7.60. The first-order valence-electron chi connectivity index (χ1n) is 5.32. The van der Waals surface area contributed by atoms with Crippen molar-refractivity contribution in [1.82, 2.24) is 10.3 Å². The average molecular weight is 232 g/mol. The maximum Gasteiger partial charge on any atom is 0.208 e. The average Bonchev–Trinajstić information content (AvgIpc) is 2.21. The van der Waals surface area contributed by atoms with Crippen molar-refractivity contribution in [3.8, 4) is 0 Å². The number of hydrogen-bond acceptors (Lipinski definition) is 3. The Morgan fingerprint density at radius 3 is 2.47 bits per heavy atom. The Balaban J connectivity index is 4.53. The lowest BCUT2D eigenvalue weighted by Gasteiger charge is -2.29. The smallest absolute Gasteiger partial charge is 0.208 e. The SMILES string of the molecule is CCC(CSC)N(C)C(=NC(C)C)NN. The topological polar surface area (TPSA) is 53.6 Å². The summed E-state index contributed by atoms with van der Waals surface area (Å²) in [6, 6.07) is 0.735. The number of nitrogens with zero attached hydrogens (tertiary/aromatic N) is 2. The zero-order valence-electron chi connectivity index (χ0n) is 10.4. The van der Waals surface area contributed by atoms with Crippen LogP contribution in [0.25, 0.3) is 0 Å². The van der Waals surface area contributed by atoms with E-state index >= 15 is 0 Å². The number of thioether (sulfide) groups is 1. The molecule has 90 valence electrons. The van der Waals surface area contributed by atoms with E-state index in [1.54, 1.807) is 0 Å². The van der Waals surface area contributed by atoms with Crippen molar-refractivity contribution in [3.63, 3.8) is 0 Å². The molecule has 0 amide bonds.